The van der Waals surface area contributed by atoms with Crippen molar-refractivity contribution in [1.82, 2.24) is 10.3 Å². The first-order valence-electron chi connectivity index (χ1n) is 6.14. The normalized spacial score (nSPS) is 11.5. The minimum absolute atomic E-state index is 0.0356. The third-order valence-electron chi connectivity index (χ3n) is 2.86. The van der Waals surface area contributed by atoms with Crippen LogP contribution in [0.5, 0.6) is 0 Å². The Morgan fingerprint density at radius 1 is 1.38 bits per heavy atom. The highest BCUT2D eigenvalue weighted by Gasteiger charge is 2.33. The second-order valence-electron chi connectivity index (χ2n) is 4.53. The van der Waals surface area contributed by atoms with E-state index in [-0.39, 0.29) is 18.0 Å². The molecule has 3 nitrogen and oxygen atoms in total. The number of aryl methyl sites for hydroxylation is 1. The number of benzene rings is 1. The third-order valence-corrected chi connectivity index (χ3v) is 3.63. The van der Waals surface area contributed by atoms with Crippen LogP contribution in [-0.4, -0.2) is 10.9 Å². The monoisotopic (exact) mass is 314 g/mol. The first-order chi connectivity index (χ1) is 9.77. The Labute approximate surface area is 123 Å². The molecule has 112 valence electrons. The first kappa shape index (κ1) is 15.5. The Kier molecular flexibility index (Phi) is 4.32. The van der Waals surface area contributed by atoms with Crippen molar-refractivity contribution in [1.29, 1.82) is 0 Å². The third kappa shape index (κ3) is 3.81. The quantitative estimate of drug-likeness (QED) is 0.937. The van der Waals surface area contributed by atoms with Crippen LogP contribution < -0.4 is 5.32 Å². The molecule has 0 unspecified atom stereocenters. The van der Waals surface area contributed by atoms with Crippen LogP contribution in [0.1, 0.15) is 23.1 Å². The lowest BCUT2D eigenvalue weighted by Gasteiger charge is -2.14. The van der Waals surface area contributed by atoms with Gasteiger partial charge < -0.3 is 5.32 Å². The molecule has 7 heteroatoms. The van der Waals surface area contributed by atoms with Gasteiger partial charge in [0.25, 0.3) is 0 Å². The van der Waals surface area contributed by atoms with Crippen LogP contribution in [0.2, 0.25) is 0 Å². The number of carbonyl (C=O) groups excluding carboxylic acids is 1. The second-order valence-corrected chi connectivity index (χ2v) is 5.59. The van der Waals surface area contributed by atoms with Crippen molar-refractivity contribution in [2.45, 2.75) is 26.6 Å². The Balaban J connectivity index is 2.42. The fourth-order valence-electron chi connectivity index (χ4n) is 1.87. The van der Waals surface area contributed by atoms with Gasteiger partial charge in [0.2, 0.25) is 5.91 Å². The standard InChI is InChI=1S/C14H13F3N2OS/c1-8(20)18-6-11-4-3-10(5-12(11)14(15,16)17)13-7-21-9(2)19-13/h3-5,7H,6H2,1-2H3,(H,18,20). The van der Waals surface area contributed by atoms with Crippen LogP contribution in [0.3, 0.4) is 0 Å². The smallest absolute Gasteiger partial charge is 0.352 e. The predicted molar refractivity (Wildman–Crippen MR) is 74.8 cm³/mol. The summed E-state index contributed by atoms with van der Waals surface area (Å²) in [4.78, 5) is 15.1. The van der Waals surface area contributed by atoms with Gasteiger partial charge in [0, 0.05) is 24.4 Å². The average molecular weight is 314 g/mol. The van der Waals surface area contributed by atoms with E-state index >= 15 is 0 Å². The van der Waals surface area contributed by atoms with Gasteiger partial charge in [-0.15, -0.1) is 11.3 Å². The van der Waals surface area contributed by atoms with Gasteiger partial charge in [-0.2, -0.15) is 13.2 Å². The van der Waals surface area contributed by atoms with E-state index in [9.17, 15) is 18.0 Å². The van der Waals surface area contributed by atoms with E-state index in [2.05, 4.69) is 10.3 Å². The van der Waals surface area contributed by atoms with E-state index < -0.39 is 11.7 Å². The lowest BCUT2D eigenvalue weighted by atomic mass is 10.0. The number of amides is 1. The Morgan fingerprint density at radius 3 is 2.62 bits per heavy atom. The summed E-state index contributed by atoms with van der Waals surface area (Å²) in [6.07, 6.45) is -4.48. The summed E-state index contributed by atoms with van der Waals surface area (Å²) in [5.74, 6) is -0.373. The van der Waals surface area contributed by atoms with Crippen molar-refractivity contribution < 1.29 is 18.0 Å². The number of alkyl halides is 3. The number of carbonyl (C=O) groups is 1. The number of hydrogen-bond donors (Lipinski definition) is 1. The number of nitrogens with one attached hydrogen (secondary N) is 1. The Morgan fingerprint density at radius 2 is 2.10 bits per heavy atom. The van der Waals surface area contributed by atoms with Crippen LogP contribution in [0.25, 0.3) is 11.3 Å². The van der Waals surface area contributed by atoms with Gasteiger partial charge in [-0.25, -0.2) is 4.98 Å². The zero-order chi connectivity index (χ0) is 15.6. The molecule has 0 aliphatic carbocycles. The summed E-state index contributed by atoms with van der Waals surface area (Å²) in [5.41, 5.74) is 0.222. The van der Waals surface area contributed by atoms with E-state index in [1.807, 2.05) is 0 Å². The SMILES string of the molecule is CC(=O)NCc1ccc(-c2csc(C)n2)cc1C(F)(F)F. The maximum atomic E-state index is 13.1. The van der Waals surface area contributed by atoms with Crippen molar-refractivity contribution in [3.8, 4) is 11.3 Å². The molecular formula is C14H13F3N2OS. The van der Waals surface area contributed by atoms with Crippen LogP contribution in [-0.2, 0) is 17.5 Å². The number of rotatable bonds is 3. The summed E-state index contributed by atoms with van der Waals surface area (Å²) < 4.78 is 39.4. The number of halogens is 3. The number of thiazole rings is 1. The molecular weight excluding hydrogens is 301 g/mol. The molecule has 0 aliphatic rings. The van der Waals surface area contributed by atoms with Gasteiger partial charge in [0.1, 0.15) is 0 Å². The predicted octanol–water partition coefficient (Wildman–Crippen LogP) is 3.77. The number of aromatic nitrogens is 1. The molecule has 0 atom stereocenters. The topological polar surface area (TPSA) is 42.0 Å². The van der Waals surface area contributed by atoms with Gasteiger partial charge >= 0.3 is 6.18 Å². The fourth-order valence-corrected chi connectivity index (χ4v) is 2.49. The molecule has 1 heterocycles. The van der Waals surface area contributed by atoms with Gasteiger partial charge in [-0.1, -0.05) is 12.1 Å². The minimum Gasteiger partial charge on any atom is -0.352 e. The zero-order valence-corrected chi connectivity index (χ0v) is 12.2. The molecule has 1 aromatic carbocycles. The van der Waals surface area contributed by atoms with Crippen molar-refractivity contribution in [2.75, 3.05) is 0 Å². The lowest BCUT2D eigenvalue weighted by Crippen LogP contribution is -2.21. The molecule has 0 bridgehead atoms. The largest absolute Gasteiger partial charge is 0.416 e. The van der Waals surface area contributed by atoms with E-state index in [1.54, 1.807) is 18.4 Å². The summed E-state index contributed by atoms with van der Waals surface area (Å²) in [6, 6.07) is 4.04. The molecule has 0 saturated heterocycles. The summed E-state index contributed by atoms with van der Waals surface area (Å²) in [7, 11) is 0. The molecule has 0 radical (unpaired) electrons. The van der Waals surface area contributed by atoms with E-state index in [0.717, 1.165) is 11.1 Å². The van der Waals surface area contributed by atoms with E-state index in [4.69, 9.17) is 0 Å². The molecule has 0 saturated carbocycles. The summed E-state index contributed by atoms with van der Waals surface area (Å²) >= 11 is 1.38. The number of hydrogen-bond acceptors (Lipinski definition) is 3. The molecule has 2 rings (SSSR count). The molecule has 21 heavy (non-hydrogen) atoms. The van der Waals surface area contributed by atoms with Gasteiger partial charge in [-0.3, -0.25) is 4.79 Å². The first-order valence-corrected chi connectivity index (χ1v) is 7.02. The summed E-state index contributed by atoms with van der Waals surface area (Å²) in [5, 5.41) is 4.90. The van der Waals surface area contributed by atoms with E-state index in [0.29, 0.717) is 11.3 Å². The van der Waals surface area contributed by atoms with Crippen LogP contribution in [0.15, 0.2) is 23.6 Å². The van der Waals surface area contributed by atoms with Crippen LogP contribution >= 0.6 is 11.3 Å². The van der Waals surface area contributed by atoms with Gasteiger partial charge in [0.05, 0.1) is 16.3 Å². The Hall–Kier alpha value is -1.89. The van der Waals surface area contributed by atoms with Crippen molar-refractivity contribution in [3.05, 3.63) is 39.7 Å². The zero-order valence-electron chi connectivity index (χ0n) is 11.4. The average Bonchev–Trinajstić information content (AvgIpc) is 2.81. The molecule has 0 aliphatic heterocycles. The summed E-state index contributed by atoms with van der Waals surface area (Å²) in [6.45, 7) is 2.91. The highest BCUT2D eigenvalue weighted by Crippen LogP contribution is 2.35. The fraction of sp³-hybridized carbons (Fsp3) is 0.286. The molecule has 1 N–H and O–H groups in total. The molecule has 0 spiro atoms. The van der Waals surface area contributed by atoms with Gasteiger partial charge in [-0.05, 0) is 18.6 Å². The van der Waals surface area contributed by atoms with Crippen molar-refractivity contribution in [2.24, 2.45) is 0 Å². The maximum absolute atomic E-state index is 13.1. The highest BCUT2D eigenvalue weighted by atomic mass is 32.1. The second kappa shape index (κ2) is 5.85. The van der Waals surface area contributed by atoms with Crippen molar-refractivity contribution >= 4 is 17.2 Å². The highest BCUT2D eigenvalue weighted by molar-refractivity contribution is 7.09. The molecule has 1 aromatic heterocycles. The maximum Gasteiger partial charge on any atom is 0.416 e. The Bertz CT molecular complexity index is 664. The minimum atomic E-state index is -4.48. The van der Waals surface area contributed by atoms with Crippen LogP contribution in [0.4, 0.5) is 13.2 Å². The van der Waals surface area contributed by atoms with E-state index in [1.165, 1.54) is 24.3 Å². The van der Waals surface area contributed by atoms with Gasteiger partial charge in [0.15, 0.2) is 0 Å². The molecule has 2 aromatic rings. The molecule has 1 amide bonds. The van der Waals surface area contributed by atoms with Crippen molar-refractivity contribution in [3.63, 3.8) is 0 Å². The molecule has 0 fully saturated rings. The number of nitrogens with zero attached hydrogens (tertiary/aromatic N) is 1. The van der Waals surface area contributed by atoms with Crippen LogP contribution in [0, 0.1) is 6.92 Å². The lowest BCUT2D eigenvalue weighted by molar-refractivity contribution is -0.138.